The molecule has 1 aromatic carbocycles. The van der Waals surface area contributed by atoms with Gasteiger partial charge in [0.1, 0.15) is 5.60 Å². The largest absolute Gasteiger partial charge is 0.444 e. The highest BCUT2D eigenvalue weighted by atomic mass is 16.6. The summed E-state index contributed by atoms with van der Waals surface area (Å²) in [6.45, 7) is 6.25. The van der Waals surface area contributed by atoms with Crippen molar-refractivity contribution in [2.45, 2.75) is 57.5 Å². The van der Waals surface area contributed by atoms with E-state index in [2.05, 4.69) is 11.4 Å². The van der Waals surface area contributed by atoms with E-state index >= 15 is 0 Å². The summed E-state index contributed by atoms with van der Waals surface area (Å²) in [5.74, 6) is 0. The molecule has 3 N–H and O–H groups in total. The second kappa shape index (κ2) is 6.06. The molecule has 1 fully saturated rings. The summed E-state index contributed by atoms with van der Waals surface area (Å²) >= 11 is 0. The second-order valence-electron chi connectivity index (χ2n) is 6.85. The van der Waals surface area contributed by atoms with Crippen molar-refractivity contribution in [1.82, 2.24) is 0 Å². The number of hydrogen-bond acceptors (Lipinski definition) is 3. The van der Waals surface area contributed by atoms with Gasteiger partial charge in [0.05, 0.1) is 0 Å². The van der Waals surface area contributed by atoms with Crippen LogP contribution in [0, 0.1) is 0 Å². The van der Waals surface area contributed by atoms with Crippen LogP contribution in [0.1, 0.15) is 52.0 Å². The molecule has 0 heterocycles. The number of nitrogens with two attached hydrogens (primary N) is 1. The third-order valence-corrected chi connectivity index (χ3v) is 4.07. The SMILES string of the molecule is CC(C)(C)OC(=O)Nc1ccccc1C1(CCN)CCC1. The molecule has 1 aliphatic carbocycles. The van der Waals surface area contributed by atoms with Crippen molar-refractivity contribution in [2.75, 3.05) is 11.9 Å². The van der Waals surface area contributed by atoms with Gasteiger partial charge in [0.2, 0.25) is 0 Å². The maximum atomic E-state index is 12.0. The van der Waals surface area contributed by atoms with Crippen LogP contribution in [-0.2, 0) is 10.2 Å². The predicted octanol–water partition coefficient (Wildman–Crippen LogP) is 3.80. The van der Waals surface area contributed by atoms with E-state index in [1.807, 2.05) is 39.0 Å². The molecule has 1 aromatic rings. The normalized spacial score (nSPS) is 17.0. The number of amides is 1. The zero-order valence-corrected chi connectivity index (χ0v) is 13.2. The standard InChI is InChI=1S/C17H26N2O2/c1-16(2,3)21-15(20)19-14-8-5-4-7-13(14)17(11-12-18)9-6-10-17/h4-5,7-8H,6,9-12,18H2,1-3H3,(H,19,20). The highest BCUT2D eigenvalue weighted by molar-refractivity contribution is 5.86. The molecule has 0 saturated heterocycles. The average Bonchev–Trinajstić information content (AvgIpc) is 2.32. The molecule has 0 unspecified atom stereocenters. The Hall–Kier alpha value is -1.55. The Labute approximate surface area is 127 Å². The first-order valence-corrected chi connectivity index (χ1v) is 7.66. The van der Waals surface area contributed by atoms with Crippen molar-refractivity contribution in [1.29, 1.82) is 0 Å². The lowest BCUT2D eigenvalue weighted by molar-refractivity contribution is 0.0635. The predicted molar refractivity (Wildman–Crippen MR) is 85.5 cm³/mol. The zero-order chi connectivity index (χ0) is 15.5. The van der Waals surface area contributed by atoms with E-state index in [0.29, 0.717) is 6.54 Å². The molecule has 0 atom stereocenters. The Morgan fingerprint density at radius 3 is 2.52 bits per heavy atom. The van der Waals surface area contributed by atoms with Gasteiger partial charge in [-0.25, -0.2) is 4.79 Å². The van der Waals surface area contributed by atoms with E-state index in [1.54, 1.807) is 0 Å². The van der Waals surface area contributed by atoms with Gasteiger partial charge in [0.15, 0.2) is 0 Å². The molecule has 2 rings (SSSR count). The molecule has 4 heteroatoms. The first kappa shape index (κ1) is 15.8. The maximum Gasteiger partial charge on any atom is 0.412 e. The molecule has 1 saturated carbocycles. The molecule has 21 heavy (non-hydrogen) atoms. The van der Waals surface area contributed by atoms with Gasteiger partial charge in [0, 0.05) is 5.69 Å². The molecule has 0 aromatic heterocycles. The van der Waals surface area contributed by atoms with Crippen LogP contribution in [0.2, 0.25) is 0 Å². The lowest BCUT2D eigenvalue weighted by Crippen LogP contribution is -2.37. The van der Waals surface area contributed by atoms with Crippen LogP contribution in [0.25, 0.3) is 0 Å². The minimum absolute atomic E-state index is 0.125. The van der Waals surface area contributed by atoms with Crippen molar-refractivity contribution in [2.24, 2.45) is 5.73 Å². The van der Waals surface area contributed by atoms with Gasteiger partial charge in [-0.3, -0.25) is 5.32 Å². The van der Waals surface area contributed by atoms with Crippen molar-refractivity contribution < 1.29 is 9.53 Å². The summed E-state index contributed by atoms with van der Waals surface area (Å²) in [6.07, 6.45) is 4.05. The van der Waals surface area contributed by atoms with E-state index in [0.717, 1.165) is 24.9 Å². The van der Waals surface area contributed by atoms with Crippen molar-refractivity contribution >= 4 is 11.8 Å². The van der Waals surface area contributed by atoms with Crippen LogP contribution < -0.4 is 11.1 Å². The summed E-state index contributed by atoms with van der Waals surface area (Å²) in [5, 5.41) is 2.90. The Morgan fingerprint density at radius 2 is 2.00 bits per heavy atom. The zero-order valence-electron chi connectivity index (χ0n) is 13.2. The minimum atomic E-state index is -0.496. The fraction of sp³-hybridized carbons (Fsp3) is 0.588. The van der Waals surface area contributed by atoms with Crippen LogP contribution >= 0.6 is 0 Å². The Bertz CT molecular complexity index is 502. The summed E-state index contributed by atoms with van der Waals surface area (Å²) in [5.41, 5.74) is 7.45. The lowest BCUT2D eigenvalue weighted by atomic mass is 9.62. The second-order valence-corrected chi connectivity index (χ2v) is 6.85. The van der Waals surface area contributed by atoms with Crippen molar-refractivity contribution in [3.05, 3.63) is 29.8 Å². The average molecular weight is 290 g/mol. The minimum Gasteiger partial charge on any atom is -0.444 e. The van der Waals surface area contributed by atoms with Crippen molar-refractivity contribution in [3.63, 3.8) is 0 Å². The van der Waals surface area contributed by atoms with Gasteiger partial charge in [-0.1, -0.05) is 24.6 Å². The van der Waals surface area contributed by atoms with Gasteiger partial charge < -0.3 is 10.5 Å². The molecule has 0 spiro atoms. The van der Waals surface area contributed by atoms with E-state index in [-0.39, 0.29) is 5.41 Å². The molecule has 0 radical (unpaired) electrons. The van der Waals surface area contributed by atoms with E-state index in [4.69, 9.17) is 10.5 Å². The van der Waals surface area contributed by atoms with Crippen molar-refractivity contribution in [3.8, 4) is 0 Å². The number of nitrogens with one attached hydrogen (secondary N) is 1. The molecular weight excluding hydrogens is 264 g/mol. The molecule has 0 bridgehead atoms. The van der Waals surface area contributed by atoms with Gasteiger partial charge in [0.25, 0.3) is 0 Å². The summed E-state index contributed by atoms with van der Waals surface area (Å²) < 4.78 is 5.35. The molecular formula is C17H26N2O2. The molecule has 1 amide bonds. The molecule has 1 aliphatic rings. The molecule has 116 valence electrons. The van der Waals surface area contributed by atoms with Gasteiger partial charge in [-0.2, -0.15) is 0 Å². The van der Waals surface area contributed by atoms with E-state index < -0.39 is 11.7 Å². The number of para-hydroxylation sites is 1. The van der Waals surface area contributed by atoms with Gasteiger partial charge >= 0.3 is 6.09 Å². The first-order valence-electron chi connectivity index (χ1n) is 7.66. The van der Waals surface area contributed by atoms with Crippen LogP contribution in [0.15, 0.2) is 24.3 Å². The lowest BCUT2D eigenvalue weighted by Gasteiger charge is -2.43. The summed E-state index contributed by atoms with van der Waals surface area (Å²) in [6, 6.07) is 7.99. The fourth-order valence-electron chi connectivity index (χ4n) is 3.00. The number of hydrogen-bond donors (Lipinski definition) is 2. The van der Waals surface area contributed by atoms with Crippen LogP contribution in [0.3, 0.4) is 0 Å². The molecule has 4 nitrogen and oxygen atoms in total. The fourth-order valence-corrected chi connectivity index (χ4v) is 3.00. The summed E-state index contributed by atoms with van der Waals surface area (Å²) in [4.78, 5) is 12.0. The molecule has 0 aliphatic heterocycles. The number of rotatable bonds is 4. The van der Waals surface area contributed by atoms with Crippen LogP contribution in [0.5, 0.6) is 0 Å². The highest BCUT2D eigenvalue weighted by Gasteiger charge is 2.39. The van der Waals surface area contributed by atoms with E-state index in [1.165, 1.54) is 12.0 Å². The number of carbonyl (C=O) groups excluding carboxylic acids is 1. The third kappa shape index (κ3) is 3.76. The Morgan fingerprint density at radius 1 is 1.33 bits per heavy atom. The topological polar surface area (TPSA) is 64.3 Å². The third-order valence-electron chi connectivity index (χ3n) is 4.07. The Balaban J connectivity index is 2.19. The van der Waals surface area contributed by atoms with Gasteiger partial charge in [-0.15, -0.1) is 0 Å². The number of carbonyl (C=O) groups is 1. The highest BCUT2D eigenvalue weighted by Crippen LogP contribution is 2.48. The number of benzene rings is 1. The Kier molecular flexibility index (Phi) is 4.57. The smallest absolute Gasteiger partial charge is 0.412 e. The van der Waals surface area contributed by atoms with Crippen LogP contribution in [-0.4, -0.2) is 18.2 Å². The van der Waals surface area contributed by atoms with E-state index in [9.17, 15) is 4.79 Å². The van der Waals surface area contributed by atoms with Gasteiger partial charge in [-0.05, 0) is 63.6 Å². The number of anilines is 1. The first-order chi connectivity index (χ1) is 9.86. The quantitative estimate of drug-likeness (QED) is 0.886. The monoisotopic (exact) mass is 290 g/mol. The summed E-state index contributed by atoms with van der Waals surface area (Å²) in [7, 11) is 0. The van der Waals surface area contributed by atoms with Crippen LogP contribution in [0.4, 0.5) is 10.5 Å². The number of ether oxygens (including phenoxy) is 1. The maximum absolute atomic E-state index is 12.0.